The molecule has 0 bridgehead atoms. The minimum absolute atomic E-state index is 0.203. The Kier molecular flexibility index (Phi) is 15.0. The van der Waals surface area contributed by atoms with Gasteiger partial charge in [-0.3, -0.25) is 9.59 Å². The van der Waals surface area contributed by atoms with Crippen LogP contribution in [-0.4, -0.2) is 96.4 Å². The Balaban J connectivity index is 0.969. The van der Waals surface area contributed by atoms with Crippen molar-refractivity contribution in [3.63, 3.8) is 0 Å². The third-order valence-electron chi connectivity index (χ3n) is 11.1. The molecule has 6 aromatic rings. The number of amides is 4. The summed E-state index contributed by atoms with van der Waals surface area (Å²) in [6, 6.07) is 46.8. The normalized spacial score (nSPS) is 12.8. The maximum absolute atomic E-state index is 14.6. The van der Waals surface area contributed by atoms with Crippen LogP contribution in [0, 0.1) is 0 Å². The van der Waals surface area contributed by atoms with Crippen LogP contribution in [0.4, 0.5) is 21.0 Å². The Morgan fingerprint density at radius 1 is 0.672 bits per heavy atom. The molecule has 0 unspecified atom stereocenters. The molecule has 7 rings (SSSR count). The highest BCUT2D eigenvalue weighted by Gasteiger charge is 2.36. The Hall–Kier alpha value is -7.48. The Morgan fingerprint density at radius 2 is 1.25 bits per heavy atom. The summed E-state index contributed by atoms with van der Waals surface area (Å²) >= 11 is 0. The van der Waals surface area contributed by atoms with Gasteiger partial charge in [0.25, 0.3) is 11.8 Å². The largest absolute Gasteiger partial charge is 0.508 e. The molecule has 64 heavy (non-hydrogen) atoms. The number of hydrazine groups is 1. The second-order valence-electron chi connectivity index (χ2n) is 15.5. The minimum Gasteiger partial charge on any atom is -0.508 e. The molecule has 0 radical (unpaired) electrons. The van der Waals surface area contributed by atoms with Gasteiger partial charge in [-0.1, -0.05) is 115 Å². The number of ether oxygens (including phenoxy) is 1. The lowest BCUT2D eigenvalue weighted by Gasteiger charge is -2.37. The van der Waals surface area contributed by atoms with Crippen LogP contribution in [0.15, 0.2) is 158 Å². The van der Waals surface area contributed by atoms with Gasteiger partial charge in [-0.05, 0) is 72.0 Å². The van der Waals surface area contributed by atoms with Crippen LogP contribution in [0.1, 0.15) is 39.1 Å². The molecule has 0 atom stereocenters. The lowest BCUT2D eigenvalue weighted by Crippen LogP contribution is -2.52. The van der Waals surface area contributed by atoms with E-state index in [-0.39, 0.29) is 23.3 Å². The molecule has 6 aromatic carbocycles. The quantitative estimate of drug-likeness (QED) is 0.0588. The van der Waals surface area contributed by atoms with E-state index in [0.29, 0.717) is 86.6 Å². The second-order valence-corrected chi connectivity index (χ2v) is 15.5. The minimum atomic E-state index is -1.36. The van der Waals surface area contributed by atoms with Crippen molar-refractivity contribution in [2.75, 3.05) is 56.3 Å². The summed E-state index contributed by atoms with van der Waals surface area (Å²) in [6.07, 6.45) is -1.66. The van der Waals surface area contributed by atoms with Gasteiger partial charge < -0.3 is 35.4 Å². The fourth-order valence-corrected chi connectivity index (χ4v) is 7.74. The summed E-state index contributed by atoms with van der Waals surface area (Å²) in [7, 11) is 1.73. The van der Waals surface area contributed by atoms with E-state index < -0.39 is 18.3 Å². The van der Waals surface area contributed by atoms with Gasteiger partial charge in [0.15, 0.2) is 0 Å². The number of nitrogens with one attached hydrogen (secondary N) is 2. The number of phenols is 1. The third-order valence-corrected chi connectivity index (χ3v) is 11.1. The molecule has 1 saturated heterocycles. The van der Waals surface area contributed by atoms with Crippen LogP contribution >= 0.6 is 0 Å². The van der Waals surface area contributed by atoms with Crippen LogP contribution in [0.25, 0.3) is 22.3 Å². The topological polar surface area (TPSA) is 155 Å². The van der Waals surface area contributed by atoms with E-state index in [1.165, 1.54) is 0 Å². The van der Waals surface area contributed by atoms with Crippen molar-refractivity contribution in [1.29, 1.82) is 0 Å². The fourth-order valence-electron chi connectivity index (χ4n) is 7.74. The first-order valence-corrected chi connectivity index (χ1v) is 21.3. The van der Waals surface area contributed by atoms with Crippen molar-refractivity contribution in [3.8, 4) is 28.0 Å². The molecule has 328 valence electrons. The highest BCUT2D eigenvalue weighted by atomic mass is 16.6. The summed E-state index contributed by atoms with van der Waals surface area (Å²) in [4.78, 5) is 58.2. The lowest BCUT2D eigenvalue weighted by molar-refractivity contribution is 0.0503. The second kappa shape index (κ2) is 21.5. The predicted molar refractivity (Wildman–Crippen MR) is 248 cm³/mol. The molecular weight excluding hydrogens is 809 g/mol. The maximum Gasteiger partial charge on any atom is 0.434 e. The van der Waals surface area contributed by atoms with Crippen molar-refractivity contribution in [2.45, 2.75) is 25.5 Å². The summed E-state index contributed by atoms with van der Waals surface area (Å²) in [6.45, 7) is 3.67. The van der Waals surface area contributed by atoms with Crippen molar-refractivity contribution in [2.24, 2.45) is 0 Å². The molecule has 1 aliphatic rings. The SMILES string of the molecule is CN(CCN1CCC(OC(=O)N(c2ccccc2-c2ccccc2)N(C(=O)O)c2ccccc2-c2ccccc2)CC1)C(=O)c1cccc(C(=O)NCCNCc2cccc(O)c2)c1. The number of carbonyl (C=O) groups is 4. The number of nitrogens with zero attached hydrogens (tertiary/aromatic N) is 4. The van der Waals surface area contributed by atoms with Crippen LogP contribution in [0.2, 0.25) is 0 Å². The summed E-state index contributed by atoms with van der Waals surface area (Å²) in [5, 5.41) is 28.8. The summed E-state index contributed by atoms with van der Waals surface area (Å²) in [5.74, 6) is -0.288. The van der Waals surface area contributed by atoms with Crippen LogP contribution in [-0.2, 0) is 11.3 Å². The zero-order valence-corrected chi connectivity index (χ0v) is 35.7. The van der Waals surface area contributed by atoms with Crippen molar-refractivity contribution in [1.82, 2.24) is 20.4 Å². The van der Waals surface area contributed by atoms with E-state index in [1.807, 2.05) is 91.0 Å². The maximum atomic E-state index is 14.6. The molecule has 0 saturated carbocycles. The average Bonchev–Trinajstić information content (AvgIpc) is 3.33. The molecule has 13 heteroatoms. The van der Waals surface area contributed by atoms with Crippen molar-refractivity contribution < 1.29 is 34.1 Å². The number of likely N-dealkylation sites (N-methyl/N-ethyl adjacent to an activating group) is 1. The predicted octanol–water partition coefficient (Wildman–Crippen LogP) is 8.53. The number of phenolic OH excluding ortho intramolecular Hbond substituents is 1. The third kappa shape index (κ3) is 11.3. The van der Waals surface area contributed by atoms with E-state index in [2.05, 4.69) is 15.5 Å². The van der Waals surface area contributed by atoms with E-state index in [9.17, 15) is 29.4 Å². The van der Waals surface area contributed by atoms with Gasteiger partial charge in [-0.25, -0.2) is 9.59 Å². The molecule has 4 amide bonds. The number of carboxylic acid groups (broad SMARTS) is 1. The van der Waals surface area contributed by atoms with Gasteiger partial charge in [0, 0.05) is 75.1 Å². The van der Waals surface area contributed by atoms with Crippen LogP contribution in [0.3, 0.4) is 0 Å². The zero-order chi connectivity index (χ0) is 44.8. The number of hydrogen-bond acceptors (Lipinski definition) is 8. The average molecular weight is 861 g/mol. The monoisotopic (exact) mass is 860 g/mol. The van der Waals surface area contributed by atoms with Gasteiger partial charge in [0.2, 0.25) is 0 Å². The van der Waals surface area contributed by atoms with E-state index in [1.54, 1.807) is 78.7 Å². The number of aromatic hydroxyl groups is 1. The molecule has 0 aromatic heterocycles. The zero-order valence-electron chi connectivity index (χ0n) is 35.7. The fraction of sp³-hybridized carbons (Fsp3) is 0.216. The summed E-state index contributed by atoms with van der Waals surface area (Å²) < 4.78 is 6.20. The molecule has 0 aliphatic carbocycles. The van der Waals surface area contributed by atoms with Gasteiger partial charge >= 0.3 is 12.2 Å². The summed E-state index contributed by atoms with van der Waals surface area (Å²) in [5.41, 5.74) is 5.22. The Bertz CT molecular complexity index is 2530. The number of piperidine rings is 1. The van der Waals surface area contributed by atoms with E-state index in [0.717, 1.165) is 26.7 Å². The highest BCUT2D eigenvalue weighted by Crippen LogP contribution is 2.38. The Labute approximate surface area is 373 Å². The molecule has 1 heterocycles. The lowest BCUT2D eigenvalue weighted by atomic mass is 10.0. The number of anilines is 2. The van der Waals surface area contributed by atoms with Gasteiger partial charge in [0.05, 0.1) is 11.4 Å². The smallest absolute Gasteiger partial charge is 0.434 e. The van der Waals surface area contributed by atoms with Crippen molar-refractivity contribution >= 4 is 35.4 Å². The molecule has 0 spiro atoms. The number of likely N-dealkylation sites (tertiary alicyclic amines) is 1. The first-order valence-electron chi connectivity index (χ1n) is 21.3. The van der Waals surface area contributed by atoms with Gasteiger partial charge in [-0.15, -0.1) is 0 Å². The first kappa shape index (κ1) is 44.6. The highest BCUT2D eigenvalue weighted by molar-refractivity contribution is 6.06. The number of rotatable bonds is 15. The van der Waals surface area contributed by atoms with Crippen molar-refractivity contribution in [3.05, 3.63) is 174 Å². The van der Waals surface area contributed by atoms with E-state index >= 15 is 0 Å². The molecule has 1 aliphatic heterocycles. The number of carbonyl (C=O) groups excluding carboxylic acids is 3. The molecule has 4 N–H and O–H groups in total. The van der Waals surface area contributed by atoms with E-state index in [4.69, 9.17) is 4.74 Å². The van der Waals surface area contributed by atoms with Crippen LogP contribution < -0.4 is 20.7 Å². The Morgan fingerprint density at radius 3 is 1.88 bits per heavy atom. The number of hydrogen-bond donors (Lipinski definition) is 4. The molecule has 13 nitrogen and oxygen atoms in total. The standard InChI is InChI=1S/C51H52N6O7/c1-54(49(60)41-20-13-19-40(35-41)48(59)53-29-28-52-36-37-14-12-21-42(58)34-37)32-33-55-30-26-43(27-31-55)64-51(63)57(47-25-11-9-23-45(47)39-17-6-3-7-18-39)56(50(61)62)46-24-10-8-22-44(46)38-15-4-2-5-16-38/h2-25,34-35,43,52,58H,26-33,36H2,1H3,(H,53,59)(H,61,62). The number of para-hydroxylation sites is 2. The van der Waals surface area contributed by atoms with Gasteiger partial charge in [-0.2, -0.15) is 10.0 Å². The first-order chi connectivity index (χ1) is 31.2. The van der Waals surface area contributed by atoms with Gasteiger partial charge in [0.1, 0.15) is 11.9 Å². The molecule has 1 fully saturated rings. The van der Waals surface area contributed by atoms with Crippen LogP contribution in [0.5, 0.6) is 5.75 Å². The molecular formula is C51H52N6O7. The number of benzene rings is 6.